The third-order valence-corrected chi connectivity index (χ3v) is 4.07. The minimum Gasteiger partial charge on any atom is -0.308 e. The SMILES string of the molecule is NNc1ccc(S(=O)(=O)NCCc2cccnc2)cn1. The lowest BCUT2D eigenvalue weighted by molar-refractivity contribution is 0.581. The molecule has 0 aromatic carbocycles. The van der Waals surface area contributed by atoms with Crippen LogP contribution in [-0.4, -0.2) is 24.9 Å². The number of aromatic nitrogens is 2. The van der Waals surface area contributed by atoms with E-state index in [9.17, 15) is 8.42 Å². The van der Waals surface area contributed by atoms with Crippen molar-refractivity contribution in [2.24, 2.45) is 5.84 Å². The number of nitrogens with zero attached hydrogens (tertiary/aromatic N) is 2. The second kappa shape index (κ2) is 6.42. The van der Waals surface area contributed by atoms with Crippen molar-refractivity contribution in [1.82, 2.24) is 14.7 Å². The van der Waals surface area contributed by atoms with Gasteiger partial charge in [-0.2, -0.15) is 0 Å². The van der Waals surface area contributed by atoms with Crippen LogP contribution in [-0.2, 0) is 16.4 Å². The van der Waals surface area contributed by atoms with Gasteiger partial charge >= 0.3 is 0 Å². The number of sulfonamides is 1. The summed E-state index contributed by atoms with van der Waals surface area (Å²) in [5.41, 5.74) is 3.31. The van der Waals surface area contributed by atoms with Crippen LogP contribution in [0.25, 0.3) is 0 Å². The van der Waals surface area contributed by atoms with Crippen molar-refractivity contribution in [3.8, 4) is 0 Å². The number of rotatable bonds is 6. The van der Waals surface area contributed by atoms with Crippen molar-refractivity contribution < 1.29 is 8.42 Å². The molecule has 4 N–H and O–H groups in total. The predicted molar refractivity (Wildman–Crippen MR) is 75.2 cm³/mol. The van der Waals surface area contributed by atoms with Crippen molar-refractivity contribution in [2.45, 2.75) is 11.3 Å². The summed E-state index contributed by atoms with van der Waals surface area (Å²) < 4.78 is 26.5. The molecule has 2 heterocycles. The molecule has 0 aliphatic carbocycles. The third-order valence-electron chi connectivity index (χ3n) is 2.62. The van der Waals surface area contributed by atoms with Crippen molar-refractivity contribution in [3.05, 3.63) is 48.4 Å². The van der Waals surface area contributed by atoms with Gasteiger partial charge in [0.1, 0.15) is 10.7 Å². The first-order chi connectivity index (χ1) is 9.62. The summed E-state index contributed by atoms with van der Waals surface area (Å²) in [7, 11) is -3.56. The molecule has 0 bridgehead atoms. The summed E-state index contributed by atoms with van der Waals surface area (Å²) in [5.74, 6) is 5.57. The largest absolute Gasteiger partial charge is 0.308 e. The maximum absolute atomic E-state index is 12.0. The molecule has 0 aliphatic rings. The molecule has 0 amide bonds. The molecular formula is C12H15N5O2S. The Kier molecular flexibility index (Phi) is 4.61. The molecule has 0 radical (unpaired) electrons. The Morgan fingerprint density at radius 3 is 2.65 bits per heavy atom. The van der Waals surface area contributed by atoms with Crippen LogP contribution >= 0.6 is 0 Å². The standard InChI is InChI=1S/C12H15N5O2S/c13-17-12-4-3-11(9-15-12)20(18,19)16-7-5-10-2-1-6-14-8-10/h1-4,6,8-9,16H,5,7,13H2,(H,15,17). The number of anilines is 1. The lowest BCUT2D eigenvalue weighted by Crippen LogP contribution is -2.26. The first-order valence-electron chi connectivity index (χ1n) is 5.93. The van der Waals surface area contributed by atoms with Gasteiger partial charge in [0.15, 0.2) is 0 Å². The fourth-order valence-corrected chi connectivity index (χ4v) is 2.56. The minimum absolute atomic E-state index is 0.0997. The molecule has 20 heavy (non-hydrogen) atoms. The molecule has 8 heteroatoms. The molecule has 0 spiro atoms. The number of nitrogen functional groups attached to an aromatic ring is 1. The fraction of sp³-hybridized carbons (Fsp3) is 0.167. The van der Waals surface area contributed by atoms with Gasteiger partial charge in [0.2, 0.25) is 10.0 Å². The number of nitrogens with two attached hydrogens (primary N) is 1. The monoisotopic (exact) mass is 293 g/mol. The minimum atomic E-state index is -3.56. The maximum atomic E-state index is 12.0. The highest BCUT2D eigenvalue weighted by Gasteiger charge is 2.13. The van der Waals surface area contributed by atoms with Crippen molar-refractivity contribution in [2.75, 3.05) is 12.0 Å². The lowest BCUT2D eigenvalue weighted by atomic mass is 10.2. The smallest absolute Gasteiger partial charge is 0.242 e. The van der Waals surface area contributed by atoms with Crippen LogP contribution in [0.3, 0.4) is 0 Å². The lowest BCUT2D eigenvalue weighted by Gasteiger charge is -2.07. The van der Waals surface area contributed by atoms with Crippen LogP contribution < -0.4 is 16.0 Å². The van der Waals surface area contributed by atoms with Crippen LogP contribution in [0.4, 0.5) is 5.82 Å². The van der Waals surface area contributed by atoms with Gasteiger partial charge in [0, 0.05) is 25.1 Å². The zero-order chi connectivity index (χ0) is 14.4. The molecule has 7 nitrogen and oxygen atoms in total. The van der Waals surface area contributed by atoms with E-state index in [1.165, 1.54) is 18.3 Å². The van der Waals surface area contributed by atoms with Gasteiger partial charge in [0.05, 0.1) is 0 Å². The first-order valence-corrected chi connectivity index (χ1v) is 7.41. The number of hydrogen-bond acceptors (Lipinski definition) is 6. The molecule has 0 atom stereocenters. The highest BCUT2D eigenvalue weighted by molar-refractivity contribution is 7.89. The van der Waals surface area contributed by atoms with Crippen LogP contribution in [0.1, 0.15) is 5.56 Å². The number of hydrogen-bond donors (Lipinski definition) is 3. The van der Waals surface area contributed by atoms with E-state index < -0.39 is 10.0 Å². The van der Waals surface area contributed by atoms with E-state index in [2.05, 4.69) is 20.1 Å². The highest BCUT2D eigenvalue weighted by Crippen LogP contribution is 2.09. The van der Waals surface area contributed by atoms with Crippen molar-refractivity contribution in [1.29, 1.82) is 0 Å². The summed E-state index contributed by atoms with van der Waals surface area (Å²) in [6.07, 6.45) is 5.20. The average Bonchev–Trinajstić information content (AvgIpc) is 2.48. The van der Waals surface area contributed by atoms with E-state index in [4.69, 9.17) is 5.84 Å². The molecule has 2 aromatic rings. The Morgan fingerprint density at radius 2 is 2.05 bits per heavy atom. The van der Waals surface area contributed by atoms with Crippen molar-refractivity contribution >= 4 is 15.8 Å². The van der Waals surface area contributed by atoms with Crippen LogP contribution in [0.5, 0.6) is 0 Å². The summed E-state index contributed by atoms with van der Waals surface area (Å²) in [6, 6.07) is 6.64. The van der Waals surface area contributed by atoms with E-state index in [-0.39, 0.29) is 4.90 Å². The Bertz CT molecular complexity index is 643. The van der Waals surface area contributed by atoms with Crippen LogP contribution in [0.15, 0.2) is 47.8 Å². The van der Waals surface area contributed by atoms with E-state index in [0.717, 1.165) is 5.56 Å². The Hall–Kier alpha value is -2.03. The van der Waals surface area contributed by atoms with Gasteiger partial charge < -0.3 is 5.43 Å². The molecule has 106 valence electrons. The molecule has 0 saturated carbocycles. The highest BCUT2D eigenvalue weighted by atomic mass is 32.2. The van der Waals surface area contributed by atoms with E-state index in [0.29, 0.717) is 18.8 Å². The molecule has 0 unspecified atom stereocenters. The van der Waals surface area contributed by atoms with Gasteiger partial charge in [-0.25, -0.2) is 24.0 Å². The molecule has 0 saturated heterocycles. The molecule has 2 rings (SSSR count). The van der Waals surface area contributed by atoms with Crippen LogP contribution in [0.2, 0.25) is 0 Å². The first kappa shape index (κ1) is 14.4. The topological polar surface area (TPSA) is 110 Å². The van der Waals surface area contributed by atoms with E-state index in [1.807, 2.05) is 12.1 Å². The second-order valence-electron chi connectivity index (χ2n) is 4.03. The number of nitrogens with one attached hydrogen (secondary N) is 2. The Balaban J connectivity index is 1.96. The molecular weight excluding hydrogens is 278 g/mol. The van der Waals surface area contributed by atoms with Gasteiger partial charge in [-0.15, -0.1) is 0 Å². The van der Waals surface area contributed by atoms with E-state index >= 15 is 0 Å². The summed E-state index contributed by atoms with van der Waals surface area (Å²) in [4.78, 5) is 7.94. The quantitative estimate of drug-likeness (QED) is 0.521. The van der Waals surface area contributed by atoms with E-state index in [1.54, 1.807) is 12.4 Å². The Labute approximate surface area is 117 Å². The van der Waals surface area contributed by atoms with Gasteiger partial charge in [-0.1, -0.05) is 6.07 Å². The number of pyridine rings is 2. The van der Waals surface area contributed by atoms with Gasteiger partial charge in [0.25, 0.3) is 0 Å². The zero-order valence-corrected chi connectivity index (χ0v) is 11.5. The van der Waals surface area contributed by atoms with Crippen molar-refractivity contribution in [3.63, 3.8) is 0 Å². The second-order valence-corrected chi connectivity index (χ2v) is 5.80. The molecule has 0 fully saturated rings. The molecule has 0 aliphatic heterocycles. The summed E-state index contributed by atoms with van der Waals surface area (Å²) in [6.45, 7) is 0.297. The van der Waals surface area contributed by atoms with Crippen LogP contribution in [0, 0.1) is 0 Å². The number of hydrazine groups is 1. The fourth-order valence-electron chi connectivity index (χ4n) is 1.58. The summed E-state index contributed by atoms with van der Waals surface area (Å²) >= 11 is 0. The van der Waals surface area contributed by atoms with Gasteiger partial charge in [-0.05, 0) is 30.2 Å². The van der Waals surface area contributed by atoms with Gasteiger partial charge in [-0.3, -0.25) is 4.98 Å². The Morgan fingerprint density at radius 1 is 1.20 bits per heavy atom. The maximum Gasteiger partial charge on any atom is 0.242 e. The summed E-state index contributed by atoms with van der Waals surface area (Å²) in [5, 5.41) is 0. The normalized spacial score (nSPS) is 11.2. The average molecular weight is 293 g/mol. The predicted octanol–water partition coefficient (Wildman–Crippen LogP) is 0.283. The third kappa shape index (κ3) is 3.73. The molecule has 2 aromatic heterocycles. The zero-order valence-electron chi connectivity index (χ0n) is 10.7.